The van der Waals surface area contributed by atoms with Crippen LogP contribution in [-0.4, -0.2) is 34.5 Å². The topological polar surface area (TPSA) is 74.6 Å². The lowest BCUT2D eigenvalue weighted by Gasteiger charge is -2.23. The number of hydrogen-bond donors (Lipinski definition) is 2. The maximum absolute atomic E-state index is 12.1. The number of Topliss-reactive ketones (excluding diaryl/α,β-unsaturated/α-hetero) is 1. The van der Waals surface area contributed by atoms with Gasteiger partial charge >= 0.3 is 0 Å². The van der Waals surface area contributed by atoms with Crippen molar-refractivity contribution in [2.45, 2.75) is 71.8 Å². The van der Waals surface area contributed by atoms with Gasteiger partial charge in [0, 0.05) is 11.8 Å². The van der Waals surface area contributed by atoms with Gasteiger partial charge in [-0.1, -0.05) is 64.0 Å². The van der Waals surface area contributed by atoms with Gasteiger partial charge in [-0.05, 0) is 43.6 Å². The fourth-order valence-electron chi connectivity index (χ4n) is 3.31. The van der Waals surface area contributed by atoms with Crippen LogP contribution in [0.1, 0.15) is 65.7 Å². The summed E-state index contributed by atoms with van der Waals surface area (Å²) in [5.74, 6) is -0.299. The summed E-state index contributed by atoms with van der Waals surface area (Å²) in [5, 5.41) is 18.2. The Kier molecular flexibility index (Phi) is 10.5. The van der Waals surface area contributed by atoms with Gasteiger partial charge < -0.3 is 10.2 Å². The van der Waals surface area contributed by atoms with Crippen molar-refractivity contribution in [3.05, 3.63) is 36.5 Å². The molecule has 1 aliphatic carbocycles. The van der Waals surface area contributed by atoms with Crippen LogP contribution in [0.2, 0.25) is 0 Å². The maximum atomic E-state index is 12.1. The summed E-state index contributed by atoms with van der Waals surface area (Å²) in [6.45, 7) is 6.16. The second-order valence-corrected chi connectivity index (χ2v) is 8.27. The highest BCUT2D eigenvalue weighted by molar-refractivity contribution is 5.95. The van der Waals surface area contributed by atoms with Crippen LogP contribution in [0.3, 0.4) is 0 Å². The van der Waals surface area contributed by atoms with Crippen LogP contribution in [0.15, 0.2) is 36.5 Å². The third-order valence-electron chi connectivity index (χ3n) is 5.24. The lowest BCUT2D eigenvalue weighted by atomic mass is 9.83. The average molecular weight is 377 g/mol. The number of carbonyl (C=O) groups excluding carboxylic acids is 2. The van der Waals surface area contributed by atoms with E-state index in [0.29, 0.717) is 24.7 Å². The van der Waals surface area contributed by atoms with E-state index in [0.717, 1.165) is 6.42 Å². The molecule has 0 aliphatic heterocycles. The molecular formula is C23H36O4. The Morgan fingerprint density at radius 3 is 2.70 bits per heavy atom. The summed E-state index contributed by atoms with van der Waals surface area (Å²) in [6.07, 6.45) is 17.0. The van der Waals surface area contributed by atoms with Gasteiger partial charge in [0.05, 0.1) is 0 Å². The third-order valence-corrected chi connectivity index (χ3v) is 5.24. The minimum Gasteiger partial charge on any atom is -0.388 e. The highest BCUT2D eigenvalue weighted by Gasteiger charge is 2.27. The van der Waals surface area contributed by atoms with Gasteiger partial charge in [-0.15, -0.1) is 0 Å². The molecule has 0 fully saturated rings. The molecular weight excluding hydrogens is 340 g/mol. The van der Waals surface area contributed by atoms with E-state index in [9.17, 15) is 14.7 Å². The van der Waals surface area contributed by atoms with Gasteiger partial charge in [0.15, 0.2) is 11.6 Å². The first-order valence-corrected chi connectivity index (χ1v) is 10.2. The van der Waals surface area contributed by atoms with Crippen molar-refractivity contribution in [1.82, 2.24) is 0 Å². The standard InChI is InChI=1S/C23H36O4/c1-4-5-15-23(2,3)16-9-10-18-13-14-20(25)19(18)11-7-6-8-12-21(26)22(27)17-24/h6-7,9-10,13-14,18-19,21,24,26H,4-5,8,11-12,15-17H2,1-3H3/b7-6-,10-9+/t18-,19+,21?/m0/s1. The summed E-state index contributed by atoms with van der Waals surface area (Å²) >= 11 is 0. The van der Waals surface area contributed by atoms with Crippen LogP contribution in [-0.2, 0) is 9.59 Å². The maximum Gasteiger partial charge on any atom is 0.186 e. The number of rotatable bonds is 13. The zero-order chi connectivity index (χ0) is 20.3. The minimum atomic E-state index is -1.11. The van der Waals surface area contributed by atoms with Gasteiger partial charge in [-0.25, -0.2) is 0 Å². The van der Waals surface area contributed by atoms with E-state index < -0.39 is 18.5 Å². The van der Waals surface area contributed by atoms with Crippen LogP contribution in [0, 0.1) is 17.3 Å². The number of hydrogen-bond acceptors (Lipinski definition) is 4. The Morgan fingerprint density at radius 2 is 2.04 bits per heavy atom. The van der Waals surface area contributed by atoms with Gasteiger partial charge in [-0.2, -0.15) is 0 Å². The number of ketones is 2. The summed E-state index contributed by atoms with van der Waals surface area (Å²) < 4.78 is 0. The fourth-order valence-corrected chi connectivity index (χ4v) is 3.31. The van der Waals surface area contributed by atoms with Crippen molar-refractivity contribution in [1.29, 1.82) is 0 Å². The highest BCUT2D eigenvalue weighted by atomic mass is 16.3. The molecule has 0 aromatic carbocycles. The quantitative estimate of drug-likeness (QED) is 0.473. The SMILES string of the molecule is CCCCC(C)(C)C/C=C/[C@H]1C=CC(=O)[C@@H]1C/C=C\CCC(O)C(=O)CO. The molecule has 4 nitrogen and oxygen atoms in total. The lowest BCUT2D eigenvalue weighted by molar-refractivity contribution is -0.130. The first-order chi connectivity index (χ1) is 12.8. The summed E-state index contributed by atoms with van der Waals surface area (Å²) in [4.78, 5) is 23.2. The lowest BCUT2D eigenvalue weighted by Crippen LogP contribution is -2.22. The van der Waals surface area contributed by atoms with E-state index in [1.165, 1.54) is 19.3 Å². The summed E-state index contributed by atoms with van der Waals surface area (Å²) in [6, 6.07) is 0. The molecule has 2 N–H and O–H groups in total. The molecule has 0 aromatic heterocycles. The van der Waals surface area contributed by atoms with Gasteiger partial charge in [0.25, 0.3) is 0 Å². The van der Waals surface area contributed by atoms with Crippen molar-refractivity contribution in [2.24, 2.45) is 17.3 Å². The number of carbonyl (C=O) groups is 2. The molecule has 0 saturated carbocycles. The molecule has 27 heavy (non-hydrogen) atoms. The van der Waals surface area contributed by atoms with Crippen molar-refractivity contribution in [2.75, 3.05) is 6.61 Å². The van der Waals surface area contributed by atoms with E-state index in [1.807, 2.05) is 18.2 Å². The molecule has 0 saturated heterocycles. The highest BCUT2D eigenvalue weighted by Crippen LogP contribution is 2.31. The molecule has 0 aromatic rings. The van der Waals surface area contributed by atoms with Gasteiger partial charge in [-0.3, -0.25) is 9.59 Å². The van der Waals surface area contributed by atoms with E-state index in [1.54, 1.807) is 6.08 Å². The molecule has 4 heteroatoms. The van der Waals surface area contributed by atoms with Crippen LogP contribution in [0.5, 0.6) is 0 Å². The predicted molar refractivity (Wildman–Crippen MR) is 109 cm³/mol. The van der Waals surface area contributed by atoms with Gasteiger partial charge in [0.1, 0.15) is 12.7 Å². The number of aliphatic hydroxyl groups excluding tert-OH is 2. The van der Waals surface area contributed by atoms with E-state index in [-0.39, 0.29) is 17.6 Å². The number of unbranched alkanes of at least 4 members (excludes halogenated alkanes) is 1. The van der Waals surface area contributed by atoms with E-state index >= 15 is 0 Å². The van der Waals surface area contributed by atoms with Crippen molar-refractivity contribution in [3.8, 4) is 0 Å². The smallest absolute Gasteiger partial charge is 0.186 e. The van der Waals surface area contributed by atoms with Crippen LogP contribution >= 0.6 is 0 Å². The fraction of sp³-hybridized carbons (Fsp3) is 0.652. The van der Waals surface area contributed by atoms with Crippen molar-refractivity contribution < 1.29 is 19.8 Å². The normalized spacial score (nSPS) is 21.6. The Labute approximate surface area is 164 Å². The molecule has 0 amide bonds. The van der Waals surface area contributed by atoms with E-state index in [2.05, 4.69) is 32.9 Å². The van der Waals surface area contributed by atoms with Crippen LogP contribution in [0.25, 0.3) is 0 Å². The largest absolute Gasteiger partial charge is 0.388 e. The molecule has 3 atom stereocenters. The molecule has 0 radical (unpaired) electrons. The van der Waals surface area contributed by atoms with Crippen LogP contribution in [0.4, 0.5) is 0 Å². The van der Waals surface area contributed by atoms with Crippen LogP contribution < -0.4 is 0 Å². The first-order valence-electron chi connectivity index (χ1n) is 10.2. The number of aliphatic hydroxyl groups is 2. The Balaban J connectivity index is 2.45. The van der Waals surface area contributed by atoms with E-state index in [4.69, 9.17) is 5.11 Å². The molecule has 0 spiro atoms. The summed E-state index contributed by atoms with van der Waals surface area (Å²) in [7, 11) is 0. The molecule has 1 unspecified atom stereocenters. The molecule has 1 rings (SSSR count). The number of allylic oxidation sites excluding steroid dienone is 6. The molecule has 0 bridgehead atoms. The Morgan fingerprint density at radius 1 is 1.30 bits per heavy atom. The van der Waals surface area contributed by atoms with Crippen molar-refractivity contribution >= 4 is 11.6 Å². The minimum absolute atomic E-state index is 0.0553. The first kappa shape index (κ1) is 23.5. The van der Waals surface area contributed by atoms with Crippen molar-refractivity contribution in [3.63, 3.8) is 0 Å². The average Bonchev–Trinajstić information content (AvgIpc) is 2.98. The molecule has 1 aliphatic rings. The molecule has 0 heterocycles. The molecule has 152 valence electrons. The Hall–Kier alpha value is -1.52. The second-order valence-electron chi connectivity index (χ2n) is 8.27. The zero-order valence-corrected chi connectivity index (χ0v) is 17.1. The zero-order valence-electron chi connectivity index (χ0n) is 17.1. The Bertz CT molecular complexity index is 557. The second kappa shape index (κ2) is 12.0. The monoisotopic (exact) mass is 376 g/mol. The third kappa shape index (κ3) is 8.81. The summed E-state index contributed by atoms with van der Waals surface area (Å²) in [5.41, 5.74) is 0.293. The van der Waals surface area contributed by atoms with Gasteiger partial charge in [0.2, 0.25) is 0 Å². The predicted octanol–water partition coefficient (Wildman–Crippen LogP) is 4.17.